The van der Waals surface area contributed by atoms with E-state index >= 15 is 0 Å². The van der Waals surface area contributed by atoms with Crippen LogP contribution in [0.15, 0.2) is 27.9 Å². The summed E-state index contributed by atoms with van der Waals surface area (Å²) in [6.07, 6.45) is 3.33. The zero-order valence-electron chi connectivity index (χ0n) is 9.31. The van der Waals surface area contributed by atoms with Crippen molar-refractivity contribution in [2.24, 2.45) is 10.9 Å². The molecular weight excluding hydrogens is 158 g/mol. The first-order chi connectivity index (χ1) is 6.06. The zero-order chi connectivity index (χ0) is 10.0. The molecular formula is C12H19N. The normalized spacial score (nSPS) is 20.5. The second-order valence-electron chi connectivity index (χ2n) is 3.95. The van der Waals surface area contributed by atoms with E-state index < -0.39 is 0 Å². The summed E-state index contributed by atoms with van der Waals surface area (Å²) in [4.78, 5) is 4.57. The second kappa shape index (κ2) is 3.91. The van der Waals surface area contributed by atoms with Crippen LogP contribution < -0.4 is 0 Å². The fraction of sp³-hybridized carbons (Fsp3) is 0.583. The Hall–Kier alpha value is -0.850. The average Bonchev–Trinajstić information content (AvgIpc) is 2.26. The number of rotatable bonds is 2. The van der Waals surface area contributed by atoms with Crippen LogP contribution in [0.2, 0.25) is 0 Å². The van der Waals surface area contributed by atoms with Crippen LogP contribution in [0.25, 0.3) is 0 Å². The van der Waals surface area contributed by atoms with E-state index in [4.69, 9.17) is 0 Å². The number of aliphatic imine (C=N–C) groups is 1. The maximum absolute atomic E-state index is 4.57. The molecule has 1 nitrogen and oxygen atoms in total. The maximum atomic E-state index is 4.57. The summed E-state index contributed by atoms with van der Waals surface area (Å²) in [5.74, 6) is 0.581. The van der Waals surface area contributed by atoms with Crippen molar-refractivity contribution in [1.82, 2.24) is 0 Å². The van der Waals surface area contributed by atoms with Crippen LogP contribution in [0.4, 0.5) is 0 Å². The Kier molecular flexibility index (Phi) is 3.07. The standard InChI is InChI=1S/C12H19N/c1-6-11-9(4)12(7-8(2)3)13-10(11)5/h7-8H,6H2,1-5H3/b12-7+. The third-order valence-corrected chi connectivity index (χ3v) is 2.41. The molecule has 0 aromatic heterocycles. The Morgan fingerprint density at radius 2 is 1.92 bits per heavy atom. The predicted molar refractivity (Wildman–Crippen MR) is 59.0 cm³/mol. The molecule has 0 N–H and O–H groups in total. The highest BCUT2D eigenvalue weighted by molar-refractivity contribution is 6.02. The molecule has 0 amide bonds. The first kappa shape index (κ1) is 10.2. The minimum absolute atomic E-state index is 0.581. The molecule has 0 aromatic rings. The highest BCUT2D eigenvalue weighted by Crippen LogP contribution is 2.27. The van der Waals surface area contributed by atoms with Gasteiger partial charge in [0, 0.05) is 5.71 Å². The number of nitrogens with zero attached hydrogens (tertiary/aromatic N) is 1. The van der Waals surface area contributed by atoms with Crippen molar-refractivity contribution >= 4 is 5.71 Å². The largest absolute Gasteiger partial charge is 0.254 e. The van der Waals surface area contributed by atoms with Gasteiger partial charge in [0.1, 0.15) is 0 Å². The molecule has 1 aliphatic heterocycles. The van der Waals surface area contributed by atoms with Gasteiger partial charge in [0.2, 0.25) is 0 Å². The van der Waals surface area contributed by atoms with Gasteiger partial charge >= 0.3 is 0 Å². The van der Waals surface area contributed by atoms with E-state index in [1.165, 1.54) is 22.6 Å². The molecule has 1 rings (SSSR count). The molecule has 72 valence electrons. The lowest BCUT2D eigenvalue weighted by Gasteiger charge is -2.01. The monoisotopic (exact) mass is 177 g/mol. The smallest absolute Gasteiger partial charge is 0.0628 e. The lowest BCUT2D eigenvalue weighted by Crippen LogP contribution is -1.91. The predicted octanol–water partition coefficient (Wildman–Crippen LogP) is 3.73. The summed E-state index contributed by atoms with van der Waals surface area (Å²) in [5.41, 5.74) is 5.18. The third kappa shape index (κ3) is 2.09. The molecule has 0 unspecified atom stereocenters. The van der Waals surface area contributed by atoms with Gasteiger partial charge in [0.15, 0.2) is 0 Å². The minimum Gasteiger partial charge on any atom is -0.254 e. The van der Waals surface area contributed by atoms with Crippen molar-refractivity contribution in [3.05, 3.63) is 22.9 Å². The Morgan fingerprint density at radius 1 is 1.31 bits per heavy atom. The van der Waals surface area contributed by atoms with Gasteiger partial charge in [-0.15, -0.1) is 0 Å². The highest BCUT2D eigenvalue weighted by Gasteiger charge is 2.15. The van der Waals surface area contributed by atoms with Crippen molar-refractivity contribution in [2.45, 2.75) is 41.0 Å². The van der Waals surface area contributed by atoms with Crippen molar-refractivity contribution in [2.75, 3.05) is 0 Å². The fourth-order valence-corrected chi connectivity index (χ4v) is 1.76. The summed E-state index contributed by atoms with van der Waals surface area (Å²) >= 11 is 0. The Labute approximate surface area is 81.3 Å². The highest BCUT2D eigenvalue weighted by atomic mass is 14.8. The Balaban J connectivity index is 3.02. The van der Waals surface area contributed by atoms with Crippen molar-refractivity contribution in [3.63, 3.8) is 0 Å². The van der Waals surface area contributed by atoms with Gasteiger partial charge in [0.05, 0.1) is 5.70 Å². The Morgan fingerprint density at radius 3 is 2.31 bits per heavy atom. The zero-order valence-corrected chi connectivity index (χ0v) is 9.31. The summed E-state index contributed by atoms with van der Waals surface area (Å²) in [6.45, 7) is 10.8. The number of allylic oxidation sites excluding steroid dienone is 3. The number of hydrogen-bond donors (Lipinski definition) is 0. The van der Waals surface area contributed by atoms with Gasteiger partial charge in [-0.1, -0.05) is 26.8 Å². The average molecular weight is 177 g/mol. The summed E-state index contributed by atoms with van der Waals surface area (Å²) in [6, 6.07) is 0. The molecule has 0 aliphatic carbocycles. The van der Waals surface area contributed by atoms with Gasteiger partial charge in [-0.05, 0) is 37.3 Å². The molecule has 0 radical (unpaired) electrons. The molecule has 1 aliphatic rings. The van der Waals surface area contributed by atoms with E-state index in [0.29, 0.717) is 5.92 Å². The van der Waals surface area contributed by atoms with Gasteiger partial charge in [-0.2, -0.15) is 0 Å². The molecule has 0 aromatic carbocycles. The van der Waals surface area contributed by atoms with Gasteiger partial charge in [-0.25, -0.2) is 0 Å². The van der Waals surface area contributed by atoms with Crippen molar-refractivity contribution in [3.8, 4) is 0 Å². The first-order valence-corrected chi connectivity index (χ1v) is 5.03. The molecule has 0 saturated heterocycles. The number of hydrogen-bond acceptors (Lipinski definition) is 1. The van der Waals surface area contributed by atoms with Crippen LogP contribution in [-0.4, -0.2) is 5.71 Å². The Bertz CT molecular complexity index is 290. The minimum atomic E-state index is 0.581. The van der Waals surface area contributed by atoms with E-state index in [-0.39, 0.29) is 0 Å². The van der Waals surface area contributed by atoms with Crippen LogP contribution in [-0.2, 0) is 0 Å². The molecule has 0 bridgehead atoms. The van der Waals surface area contributed by atoms with Gasteiger partial charge < -0.3 is 0 Å². The van der Waals surface area contributed by atoms with E-state index in [1.54, 1.807) is 0 Å². The van der Waals surface area contributed by atoms with Crippen LogP contribution in [0.3, 0.4) is 0 Å². The van der Waals surface area contributed by atoms with Gasteiger partial charge in [-0.3, -0.25) is 4.99 Å². The topological polar surface area (TPSA) is 12.4 Å². The molecule has 0 saturated carbocycles. The van der Waals surface area contributed by atoms with Crippen LogP contribution in [0, 0.1) is 5.92 Å². The quantitative estimate of drug-likeness (QED) is 0.609. The van der Waals surface area contributed by atoms with Crippen LogP contribution >= 0.6 is 0 Å². The van der Waals surface area contributed by atoms with E-state index in [0.717, 1.165) is 6.42 Å². The van der Waals surface area contributed by atoms with Crippen molar-refractivity contribution in [1.29, 1.82) is 0 Å². The van der Waals surface area contributed by atoms with Crippen LogP contribution in [0.5, 0.6) is 0 Å². The molecule has 1 heterocycles. The molecule has 13 heavy (non-hydrogen) atoms. The second-order valence-corrected chi connectivity index (χ2v) is 3.95. The van der Waals surface area contributed by atoms with Gasteiger partial charge in [0.25, 0.3) is 0 Å². The SMILES string of the molecule is CCC1=C(C)/C(=C\C(C)C)N=C1C. The summed E-state index contributed by atoms with van der Waals surface area (Å²) in [7, 11) is 0. The third-order valence-electron chi connectivity index (χ3n) is 2.41. The summed E-state index contributed by atoms with van der Waals surface area (Å²) < 4.78 is 0. The molecule has 0 spiro atoms. The van der Waals surface area contributed by atoms with Crippen LogP contribution in [0.1, 0.15) is 41.0 Å². The lowest BCUT2D eigenvalue weighted by molar-refractivity contribution is 0.821. The van der Waals surface area contributed by atoms with E-state index in [1.807, 2.05) is 0 Å². The summed E-state index contributed by atoms with van der Waals surface area (Å²) in [5, 5.41) is 0. The lowest BCUT2D eigenvalue weighted by atomic mass is 10.0. The molecule has 0 fully saturated rings. The van der Waals surface area contributed by atoms with E-state index in [2.05, 4.69) is 45.7 Å². The molecule has 0 atom stereocenters. The first-order valence-electron chi connectivity index (χ1n) is 5.03. The molecule has 1 heteroatoms. The fourth-order valence-electron chi connectivity index (χ4n) is 1.76. The maximum Gasteiger partial charge on any atom is 0.0628 e. The van der Waals surface area contributed by atoms with E-state index in [9.17, 15) is 0 Å². The van der Waals surface area contributed by atoms with Crippen molar-refractivity contribution < 1.29 is 0 Å².